The lowest BCUT2D eigenvalue weighted by molar-refractivity contribution is 0.0957. The minimum Gasteiger partial charge on any atom is -0.332 e. The predicted molar refractivity (Wildman–Crippen MR) is 76.1 cm³/mol. The lowest BCUT2D eigenvalue weighted by Crippen LogP contribution is -2.17. The number of hydrogen-bond acceptors (Lipinski definition) is 4. The Balaban J connectivity index is 2.30. The Labute approximate surface area is 123 Å². The fourth-order valence-electron chi connectivity index (χ4n) is 2.26. The highest BCUT2D eigenvalue weighted by atomic mass is 16.1. The van der Waals surface area contributed by atoms with E-state index in [1.165, 1.54) is 0 Å². The molecule has 0 spiro atoms. The Kier molecular flexibility index (Phi) is 4.48. The summed E-state index contributed by atoms with van der Waals surface area (Å²) in [6.45, 7) is 0. The van der Waals surface area contributed by atoms with Crippen LogP contribution in [0, 0.1) is 28.6 Å². The van der Waals surface area contributed by atoms with Crippen molar-refractivity contribution in [1.29, 1.82) is 10.5 Å². The molecule has 5 heteroatoms. The predicted octanol–water partition coefficient (Wildman–Crippen LogP) is 2.44. The lowest BCUT2D eigenvalue weighted by atomic mass is 9.84. The molecule has 21 heavy (non-hydrogen) atoms. The second-order valence-electron chi connectivity index (χ2n) is 4.74. The number of hydrogen-bond donors (Lipinski definition) is 0. The maximum absolute atomic E-state index is 12.3. The average Bonchev–Trinajstić information content (AvgIpc) is 2.94. The summed E-state index contributed by atoms with van der Waals surface area (Å²) in [6.07, 6.45) is 3.33. The quantitative estimate of drug-likeness (QED) is 0.786. The van der Waals surface area contributed by atoms with Gasteiger partial charge in [-0.05, 0) is 5.56 Å². The van der Waals surface area contributed by atoms with Gasteiger partial charge in [-0.2, -0.15) is 10.5 Å². The van der Waals surface area contributed by atoms with Gasteiger partial charge in [0.2, 0.25) is 0 Å². The minimum atomic E-state index is -0.864. The molecule has 0 fully saturated rings. The fraction of sp³-hybridized carbons (Fsp3) is 0.250. The number of ketones is 1. The van der Waals surface area contributed by atoms with Gasteiger partial charge in [-0.3, -0.25) is 4.79 Å². The summed E-state index contributed by atoms with van der Waals surface area (Å²) in [6, 6.07) is 13.1. The largest absolute Gasteiger partial charge is 0.332 e. The van der Waals surface area contributed by atoms with E-state index in [1.807, 2.05) is 42.5 Å². The van der Waals surface area contributed by atoms with Gasteiger partial charge < -0.3 is 4.57 Å². The molecule has 1 aromatic heterocycles. The van der Waals surface area contributed by atoms with Crippen molar-refractivity contribution >= 4 is 5.78 Å². The van der Waals surface area contributed by atoms with Gasteiger partial charge in [-0.15, -0.1) is 0 Å². The summed E-state index contributed by atoms with van der Waals surface area (Å²) in [7, 11) is 1.74. The number of carbonyl (C=O) groups is 1. The van der Waals surface area contributed by atoms with Gasteiger partial charge in [0.25, 0.3) is 0 Å². The van der Waals surface area contributed by atoms with Gasteiger partial charge >= 0.3 is 0 Å². The molecule has 0 N–H and O–H groups in total. The molecule has 0 aliphatic carbocycles. The van der Waals surface area contributed by atoms with Crippen molar-refractivity contribution in [3.05, 3.63) is 54.1 Å². The van der Waals surface area contributed by atoms with Crippen LogP contribution in [0.2, 0.25) is 0 Å². The zero-order chi connectivity index (χ0) is 15.2. The van der Waals surface area contributed by atoms with E-state index in [0.29, 0.717) is 5.82 Å². The number of nitriles is 2. The Morgan fingerprint density at radius 2 is 1.95 bits per heavy atom. The molecule has 0 bridgehead atoms. The summed E-state index contributed by atoms with van der Waals surface area (Å²) in [5.41, 5.74) is 0.813. The molecule has 0 aliphatic rings. The first-order chi connectivity index (χ1) is 10.2. The van der Waals surface area contributed by atoms with E-state index in [0.717, 1.165) is 5.56 Å². The smallest absolute Gasteiger partial charge is 0.198 e. The van der Waals surface area contributed by atoms with Gasteiger partial charge in [0.05, 0.1) is 12.1 Å². The third kappa shape index (κ3) is 3.16. The Morgan fingerprint density at radius 1 is 1.29 bits per heavy atom. The number of carbonyl (C=O) groups excluding carboxylic acids is 1. The first kappa shape index (κ1) is 14.5. The summed E-state index contributed by atoms with van der Waals surface area (Å²) in [4.78, 5) is 16.4. The number of nitrogens with zero attached hydrogens (tertiary/aromatic N) is 4. The number of aryl methyl sites for hydroxylation is 1. The van der Waals surface area contributed by atoms with E-state index < -0.39 is 11.8 Å². The van der Waals surface area contributed by atoms with E-state index in [9.17, 15) is 4.79 Å². The maximum atomic E-state index is 12.3. The number of aromatic nitrogens is 2. The van der Waals surface area contributed by atoms with Gasteiger partial charge in [-0.1, -0.05) is 30.3 Å². The summed E-state index contributed by atoms with van der Waals surface area (Å²) < 4.78 is 1.64. The monoisotopic (exact) mass is 278 g/mol. The topological polar surface area (TPSA) is 82.5 Å². The van der Waals surface area contributed by atoms with Gasteiger partial charge in [-0.25, -0.2) is 4.98 Å². The fourth-order valence-corrected chi connectivity index (χ4v) is 2.26. The molecular formula is C16H14N4O. The van der Waals surface area contributed by atoms with E-state index in [-0.39, 0.29) is 12.2 Å². The molecule has 5 nitrogen and oxygen atoms in total. The molecule has 1 aromatic carbocycles. The molecule has 0 radical (unpaired) electrons. The van der Waals surface area contributed by atoms with Crippen LogP contribution in [-0.2, 0) is 7.05 Å². The number of imidazole rings is 1. The number of rotatable bonds is 5. The van der Waals surface area contributed by atoms with E-state index in [1.54, 1.807) is 24.0 Å². The second kappa shape index (κ2) is 6.49. The zero-order valence-corrected chi connectivity index (χ0v) is 11.6. The van der Waals surface area contributed by atoms with Crippen molar-refractivity contribution in [2.75, 3.05) is 0 Å². The first-order valence-electron chi connectivity index (χ1n) is 6.52. The Morgan fingerprint density at radius 3 is 2.48 bits per heavy atom. The molecule has 104 valence electrons. The Bertz CT molecular complexity index is 692. The van der Waals surface area contributed by atoms with Crippen LogP contribution in [0.1, 0.15) is 28.5 Å². The summed E-state index contributed by atoms with van der Waals surface area (Å²) >= 11 is 0. The van der Waals surface area contributed by atoms with Crippen LogP contribution in [0.4, 0.5) is 0 Å². The van der Waals surface area contributed by atoms with Gasteiger partial charge in [0.1, 0.15) is 5.92 Å². The van der Waals surface area contributed by atoms with Crippen LogP contribution in [0.25, 0.3) is 0 Å². The molecule has 2 rings (SSSR count). The molecular weight excluding hydrogens is 264 g/mol. The van der Waals surface area contributed by atoms with Crippen LogP contribution in [0.15, 0.2) is 42.7 Å². The highest BCUT2D eigenvalue weighted by Crippen LogP contribution is 2.28. The van der Waals surface area contributed by atoms with Crippen molar-refractivity contribution in [2.45, 2.75) is 12.3 Å². The molecule has 0 saturated heterocycles. The van der Waals surface area contributed by atoms with E-state index in [2.05, 4.69) is 4.98 Å². The standard InChI is InChI=1S/C16H14N4O/c1-20-8-7-19-16(20)15(21)9-14(13(10-17)11-18)12-5-3-2-4-6-12/h2-8,13-14H,9H2,1H3/t14-/m0/s1. The van der Waals surface area contributed by atoms with Crippen molar-refractivity contribution < 1.29 is 4.79 Å². The van der Waals surface area contributed by atoms with Gasteiger partial charge in [0.15, 0.2) is 11.6 Å². The van der Waals surface area contributed by atoms with Crippen LogP contribution >= 0.6 is 0 Å². The minimum absolute atomic E-state index is 0.0840. The SMILES string of the molecule is Cn1ccnc1C(=O)C[C@@H](c1ccccc1)C(C#N)C#N. The molecule has 0 amide bonds. The van der Waals surface area contributed by atoms with Crippen LogP contribution < -0.4 is 0 Å². The van der Waals surface area contributed by atoms with Crippen LogP contribution in [0.3, 0.4) is 0 Å². The average molecular weight is 278 g/mol. The molecule has 1 atom stereocenters. The van der Waals surface area contributed by atoms with Crippen molar-refractivity contribution in [3.63, 3.8) is 0 Å². The van der Waals surface area contributed by atoms with Crippen molar-refractivity contribution in [1.82, 2.24) is 9.55 Å². The normalized spacial score (nSPS) is 11.6. The highest BCUT2D eigenvalue weighted by Gasteiger charge is 2.27. The summed E-state index contributed by atoms with van der Waals surface area (Å²) in [5.74, 6) is -1.15. The van der Waals surface area contributed by atoms with Crippen molar-refractivity contribution in [2.24, 2.45) is 13.0 Å². The van der Waals surface area contributed by atoms with E-state index >= 15 is 0 Å². The highest BCUT2D eigenvalue weighted by molar-refractivity contribution is 5.93. The third-order valence-electron chi connectivity index (χ3n) is 3.38. The lowest BCUT2D eigenvalue weighted by Gasteiger charge is -2.17. The van der Waals surface area contributed by atoms with Crippen LogP contribution in [-0.4, -0.2) is 15.3 Å². The zero-order valence-electron chi connectivity index (χ0n) is 11.6. The number of benzene rings is 1. The van der Waals surface area contributed by atoms with Crippen LogP contribution in [0.5, 0.6) is 0 Å². The summed E-state index contributed by atoms with van der Waals surface area (Å²) in [5, 5.41) is 18.3. The molecule has 1 heterocycles. The van der Waals surface area contributed by atoms with Crippen molar-refractivity contribution in [3.8, 4) is 12.1 Å². The third-order valence-corrected chi connectivity index (χ3v) is 3.38. The second-order valence-corrected chi connectivity index (χ2v) is 4.74. The molecule has 2 aromatic rings. The molecule has 0 aliphatic heterocycles. The Hall–Kier alpha value is -2.92. The molecule has 0 unspecified atom stereocenters. The van der Waals surface area contributed by atoms with E-state index in [4.69, 9.17) is 10.5 Å². The molecule has 0 saturated carbocycles. The number of Topliss-reactive ketones (excluding diaryl/α,β-unsaturated/α-hetero) is 1. The van der Waals surface area contributed by atoms with Gasteiger partial charge in [0, 0.05) is 31.8 Å². The first-order valence-corrected chi connectivity index (χ1v) is 6.52. The maximum Gasteiger partial charge on any atom is 0.198 e.